The molecule has 0 saturated heterocycles. The fourth-order valence-electron chi connectivity index (χ4n) is 2.50. The van der Waals surface area contributed by atoms with Gasteiger partial charge in [0.25, 0.3) is 5.84 Å². The number of anilines is 1. The summed E-state index contributed by atoms with van der Waals surface area (Å²) in [7, 11) is 0. The molecular weight excluding hydrogens is 232 g/mol. The minimum atomic E-state index is 0.802. The van der Waals surface area contributed by atoms with E-state index in [0.29, 0.717) is 0 Å². The van der Waals surface area contributed by atoms with E-state index in [-0.39, 0.29) is 0 Å². The van der Waals surface area contributed by atoms with Gasteiger partial charge in [-0.25, -0.2) is 4.90 Å². The Hall–Kier alpha value is -1.02. The zero-order chi connectivity index (χ0) is 12.3. The number of amidine groups is 1. The summed E-state index contributed by atoms with van der Waals surface area (Å²) in [6.07, 6.45) is 2.30. The van der Waals surface area contributed by atoms with E-state index in [1.54, 1.807) is 0 Å². The van der Waals surface area contributed by atoms with E-state index in [1.165, 1.54) is 24.5 Å². The van der Waals surface area contributed by atoms with E-state index in [4.69, 9.17) is 11.6 Å². The Bertz CT molecular complexity index is 409. The van der Waals surface area contributed by atoms with Crippen molar-refractivity contribution >= 4 is 23.1 Å². The van der Waals surface area contributed by atoms with Gasteiger partial charge in [-0.3, -0.25) is 4.58 Å². The van der Waals surface area contributed by atoms with Gasteiger partial charge in [-0.05, 0) is 31.2 Å². The van der Waals surface area contributed by atoms with Gasteiger partial charge in [0.1, 0.15) is 5.69 Å². The number of benzene rings is 1. The molecule has 0 spiro atoms. The van der Waals surface area contributed by atoms with E-state index in [0.717, 1.165) is 24.5 Å². The van der Waals surface area contributed by atoms with Crippen LogP contribution in [0.25, 0.3) is 0 Å². The molecule has 0 radical (unpaired) electrons. The lowest BCUT2D eigenvalue weighted by Gasteiger charge is -2.26. The molecule has 3 heteroatoms. The highest BCUT2D eigenvalue weighted by atomic mass is 35.5. The van der Waals surface area contributed by atoms with Gasteiger partial charge < -0.3 is 0 Å². The number of hydrogen-bond donors (Lipinski definition) is 0. The molecule has 0 amide bonds. The molecule has 2 nitrogen and oxygen atoms in total. The predicted molar refractivity (Wildman–Crippen MR) is 74.4 cm³/mol. The first-order valence-electron chi connectivity index (χ1n) is 6.40. The highest BCUT2D eigenvalue weighted by Crippen LogP contribution is 2.21. The molecule has 0 unspecified atom stereocenters. The average Bonchev–Trinajstić information content (AvgIpc) is 2.38. The topological polar surface area (TPSA) is 6.25 Å². The number of rotatable bonds is 3. The monoisotopic (exact) mass is 251 g/mol. The summed E-state index contributed by atoms with van der Waals surface area (Å²) in [6, 6.07) is 8.15. The SMILES string of the molecule is CCC1=[N+](CC)CCCN1c1ccc(Cl)cc1. The summed E-state index contributed by atoms with van der Waals surface area (Å²) < 4.78 is 2.47. The van der Waals surface area contributed by atoms with Crippen molar-refractivity contribution < 1.29 is 4.58 Å². The first-order chi connectivity index (χ1) is 8.26. The highest BCUT2D eigenvalue weighted by Gasteiger charge is 2.26. The quantitative estimate of drug-likeness (QED) is 0.747. The Labute approximate surface area is 109 Å². The molecular formula is C14H20ClN2+. The van der Waals surface area contributed by atoms with Crippen molar-refractivity contribution in [3.8, 4) is 0 Å². The van der Waals surface area contributed by atoms with Gasteiger partial charge in [0.2, 0.25) is 0 Å². The Balaban J connectivity index is 2.33. The van der Waals surface area contributed by atoms with Crippen LogP contribution in [0.1, 0.15) is 26.7 Å². The van der Waals surface area contributed by atoms with Crippen LogP contribution in [-0.4, -0.2) is 30.0 Å². The summed E-state index contributed by atoms with van der Waals surface area (Å²) >= 11 is 5.94. The standard InChI is InChI=1S/C14H20ClN2/c1-3-14-16(4-2)10-5-11-17(14)13-8-6-12(15)7-9-13/h6-9H,3-5,10-11H2,1-2H3/q+1. The maximum atomic E-state index is 5.94. The molecule has 0 aromatic heterocycles. The molecule has 0 saturated carbocycles. The van der Waals surface area contributed by atoms with Gasteiger partial charge in [-0.15, -0.1) is 0 Å². The van der Waals surface area contributed by atoms with Gasteiger partial charge in [-0.1, -0.05) is 18.5 Å². The van der Waals surface area contributed by atoms with E-state index < -0.39 is 0 Å². The van der Waals surface area contributed by atoms with Crippen molar-refractivity contribution in [3.63, 3.8) is 0 Å². The van der Waals surface area contributed by atoms with Crippen LogP contribution in [0.4, 0.5) is 5.69 Å². The highest BCUT2D eigenvalue weighted by molar-refractivity contribution is 6.30. The largest absolute Gasteiger partial charge is 0.266 e. The number of hydrogen-bond acceptors (Lipinski definition) is 1. The summed E-state index contributed by atoms with van der Waals surface area (Å²) in [6.45, 7) is 7.84. The van der Waals surface area contributed by atoms with Gasteiger partial charge in [0.05, 0.1) is 19.6 Å². The Kier molecular flexibility index (Phi) is 4.06. The van der Waals surface area contributed by atoms with Gasteiger partial charge in [0.15, 0.2) is 0 Å². The Morgan fingerprint density at radius 3 is 2.53 bits per heavy atom. The van der Waals surface area contributed by atoms with Crippen molar-refractivity contribution in [1.82, 2.24) is 0 Å². The molecule has 0 bridgehead atoms. The van der Waals surface area contributed by atoms with Crippen LogP contribution >= 0.6 is 11.6 Å². The van der Waals surface area contributed by atoms with Crippen molar-refractivity contribution in [2.45, 2.75) is 26.7 Å². The van der Waals surface area contributed by atoms with Crippen molar-refractivity contribution in [1.29, 1.82) is 0 Å². The molecule has 1 aliphatic rings. The number of halogens is 1. The molecule has 92 valence electrons. The predicted octanol–water partition coefficient (Wildman–Crippen LogP) is 3.39. The fraction of sp³-hybridized carbons (Fsp3) is 0.500. The van der Waals surface area contributed by atoms with Crippen molar-refractivity contribution in [2.24, 2.45) is 0 Å². The third kappa shape index (κ3) is 2.63. The third-order valence-corrected chi connectivity index (χ3v) is 3.57. The van der Waals surface area contributed by atoms with E-state index in [1.807, 2.05) is 12.1 Å². The normalized spacial score (nSPS) is 16.5. The first-order valence-corrected chi connectivity index (χ1v) is 6.78. The van der Waals surface area contributed by atoms with Gasteiger partial charge in [-0.2, -0.15) is 0 Å². The van der Waals surface area contributed by atoms with Crippen LogP contribution in [0.3, 0.4) is 0 Å². The first kappa shape index (κ1) is 12.4. The molecule has 0 aliphatic carbocycles. The molecule has 1 aromatic rings. The van der Waals surface area contributed by atoms with Crippen LogP contribution in [0.2, 0.25) is 5.02 Å². The minimum Gasteiger partial charge on any atom is -0.266 e. The van der Waals surface area contributed by atoms with E-state index >= 15 is 0 Å². The van der Waals surface area contributed by atoms with Gasteiger partial charge in [0, 0.05) is 17.9 Å². The molecule has 0 N–H and O–H groups in total. The Morgan fingerprint density at radius 2 is 1.94 bits per heavy atom. The van der Waals surface area contributed by atoms with Crippen LogP contribution in [0.5, 0.6) is 0 Å². The molecule has 0 atom stereocenters. The van der Waals surface area contributed by atoms with Gasteiger partial charge >= 0.3 is 0 Å². The van der Waals surface area contributed by atoms with Crippen LogP contribution in [0.15, 0.2) is 24.3 Å². The molecule has 1 aliphatic heterocycles. The molecule has 2 rings (SSSR count). The minimum absolute atomic E-state index is 0.802. The lowest BCUT2D eigenvalue weighted by Crippen LogP contribution is -2.44. The lowest BCUT2D eigenvalue weighted by atomic mass is 10.2. The lowest BCUT2D eigenvalue weighted by molar-refractivity contribution is -0.529. The second-order valence-electron chi connectivity index (χ2n) is 4.33. The van der Waals surface area contributed by atoms with E-state index in [9.17, 15) is 0 Å². The Morgan fingerprint density at radius 1 is 1.24 bits per heavy atom. The summed E-state index contributed by atoms with van der Waals surface area (Å²) in [5.74, 6) is 1.43. The summed E-state index contributed by atoms with van der Waals surface area (Å²) in [4.78, 5) is 2.42. The molecule has 1 heterocycles. The maximum absolute atomic E-state index is 5.94. The summed E-state index contributed by atoms with van der Waals surface area (Å²) in [5, 5.41) is 0.802. The second kappa shape index (κ2) is 5.54. The maximum Gasteiger partial charge on any atom is 0.251 e. The molecule has 1 aromatic carbocycles. The van der Waals surface area contributed by atoms with Crippen LogP contribution in [0, 0.1) is 0 Å². The van der Waals surface area contributed by atoms with Crippen molar-refractivity contribution in [3.05, 3.63) is 29.3 Å². The second-order valence-corrected chi connectivity index (χ2v) is 4.77. The third-order valence-electron chi connectivity index (χ3n) is 3.32. The average molecular weight is 252 g/mol. The fourth-order valence-corrected chi connectivity index (χ4v) is 2.63. The molecule has 0 fully saturated rings. The van der Waals surface area contributed by atoms with E-state index in [2.05, 4.69) is 35.5 Å². The van der Waals surface area contributed by atoms with Crippen molar-refractivity contribution in [2.75, 3.05) is 24.5 Å². The smallest absolute Gasteiger partial charge is 0.251 e. The zero-order valence-corrected chi connectivity index (χ0v) is 11.4. The summed E-state index contributed by atoms with van der Waals surface area (Å²) in [5.41, 5.74) is 1.25. The molecule has 17 heavy (non-hydrogen) atoms. The number of nitrogens with zero attached hydrogens (tertiary/aromatic N) is 2. The zero-order valence-electron chi connectivity index (χ0n) is 10.6. The van der Waals surface area contributed by atoms with Crippen LogP contribution < -0.4 is 4.90 Å². The van der Waals surface area contributed by atoms with Crippen LogP contribution in [-0.2, 0) is 0 Å².